The van der Waals surface area contributed by atoms with Gasteiger partial charge >= 0.3 is 0 Å². The number of benzene rings is 1. The summed E-state index contributed by atoms with van der Waals surface area (Å²) in [6.45, 7) is 5.07. The van der Waals surface area contributed by atoms with Crippen LogP contribution in [-0.2, 0) is 9.53 Å². The molecule has 0 saturated carbocycles. The van der Waals surface area contributed by atoms with Crippen LogP contribution in [0.15, 0.2) is 34.7 Å². The third kappa shape index (κ3) is 4.72. The van der Waals surface area contributed by atoms with Crippen molar-refractivity contribution >= 4 is 29.3 Å². The minimum Gasteiger partial charge on any atom is -0.459 e. The van der Waals surface area contributed by atoms with Crippen molar-refractivity contribution in [2.75, 3.05) is 20.2 Å². The van der Waals surface area contributed by atoms with E-state index in [9.17, 15) is 4.79 Å². The fraction of sp³-hybridized carbons (Fsp3) is 0.500. The molecule has 2 unspecified atom stereocenters. The molecule has 0 aliphatic heterocycles. The van der Waals surface area contributed by atoms with Crippen LogP contribution in [0.4, 0.5) is 0 Å². The van der Waals surface area contributed by atoms with Crippen LogP contribution in [0.25, 0.3) is 11.0 Å². The molecular formula is C18H27ClN2O3. The van der Waals surface area contributed by atoms with Crippen LogP contribution in [0, 0.1) is 0 Å². The summed E-state index contributed by atoms with van der Waals surface area (Å²) in [6.07, 6.45) is 0.929. The van der Waals surface area contributed by atoms with Crippen molar-refractivity contribution in [1.29, 1.82) is 0 Å². The number of carbonyl (C=O) groups excluding carboxylic acids is 1. The van der Waals surface area contributed by atoms with E-state index < -0.39 is 0 Å². The largest absolute Gasteiger partial charge is 0.459 e. The van der Waals surface area contributed by atoms with Crippen LogP contribution < -0.4 is 5.73 Å². The van der Waals surface area contributed by atoms with E-state index in [1.165, 1.54) is 0 Å². The van der Waals surface area contributed by atoms with E-state index in [2.05, 4.69) is 6.92 Å². The highest BCUT2D eigenvalue weighted by Gasteiger charge is 2.25. The molecule has 2 N–H and O–H groups in total. The topological polar surface area (TPSA) is 68.7 Å². The number of para-hydroxylation sites is 1. The number of rotatable bonds is 8. The maximum Gasteiger partial charge on any atom is 0.225 e. The fourth-order valence-electron chi connectivity index (χ4n) is 2.71. The summed E-state index contributed by atoms with van der Waals surface area (Å²) >= 11 is 0. The highest BCUT2D eigenvalue weighted by molar-refractivity contribution is 5.85. The lowest BCUT2D eigenvalue weighted by Gasteiger charge is -2.29. The quantitative estimate of drug-likeness (QED) is 0.787. The standard InChI is InChI=1S/C18H26N2O3.ClH/c1-4-9-20(18(21)11-15(12-19)22-3)13(2)17-10-14-7-5-6-8-16(14)23-17;/h5-8,10,13,15H,4,9,11-12,19H2,1-3H3;1H. The number of methoxy groups -OCH3 is 1. The van der Waals surface area contributed by atoms with Gasteiger partial charge in [0.05, 0.1) is 18.6 Å². The first-order chi connectivity index (χ1) is 11.1. The van der Waals surface area contributed by atoms with Gasteiger partial charge in [0, 0.05) is 25.6 Å². The number of carbonyl (C=O) groups is 1. The first kappa shape index (κ1) is 20.5. The van der Waals surface area contributed by atoms with Gasteiger partial charge in [0.1, 0.15) is 11.3 Å². The lowest BCUT2D eigenvalue weighted by atomic mass is 10.1. The maximum absolute atomic E-state index is 12.6. The van der Waals surface area contributed by atoms with Crippen molar-refractivity contribution < 1.29 is 13.9 Å². The third-order valence-electron chi connectivity index (χ3n) is 4.11. The minimum absolute atomic E-state index is 0. The van der Waals surface area contributed by atoms with Crippen LogP contribution in [0.1, 0.15) is 38.5 Å². The number of hydrogen-bond donors (Lipinski definition) is 1. The van der Waals surface area contributed by atoms with Crippen molar-refractivity contribution in [2.24, 2.45) is 5.73 Å². The van der Waals surface area contributed by atoms with Gasteiger partial charge in [-0.2, -0.15) is 0 Å². The molecule has 24 heavy (non-hydrogen) atoms. The zero-order valence-corrected chi connectivity index (χ0v) is 15.3. The minimum atomic E-state index is -0.246. The second-order valence-electron chi connectivity index (χ2n) is 5.75. The van der Waals surface area contributed by atoms with Gasteiger partial charge in [0.25, 0.3) is 0 Å². The molecule has 0 saturated heterocycles. The number of fused-ring (bicyclic) bond motifs is 1. The van der Waals surface area contributed by atoms with Gasteiger partial charge in [0.2, 0.25) is 5.91 Å². The van der Waals surface area contributed by atoms with Crippen LogP contribution in [0.2, 0.25) is 0 Å². The van der Waals surface area contributed by atoms with Crippen molar-refractivity contribution in [2.45, 2.75) is 38.8 Å². The van der Waals surface area contributed by atoms with Crippen LogP contribution in [-0.4, -0.2) is 37.1 Å². The Morgan fingerprint density at radius 2 is 2.08 bits per heavy atom. The lowest BCUT2D eigenvalue weighted by Crippen LogP contribution is -2.38. The van der Waals surface area contributed by atoms with Crippen molar-refractivity contribution in [3.05, 3.63) is 36.1 Å². The van der Waals surface area contributed by atoms with E-state index in [-0.39, 0.29) is 36.9 Å². The summed E-state index contributed by atoms with van der Waals surface area (Å²) < 4.78 is 11.2. The predicted molar refractivity (Wildman–Crippen MR) is 98.3 cm³/mol. The molecule has 0 aliphatic carbocycles. The molecule has 134 valence electrons. The highest BCUT2D eigenvalue weighted by atomic mass is 35.5. The SMILES string of the molecule is CCCN(C(=O)CC(CN)OC)C(C)c1cc2ccccc2o1.Cl. The lowest BCUT2D eigenvalue weighted by molar-refractivity contribution is -0.136. The molecule has 6 heteroatoms. The molecule has 2 aromatic rings. The summed E-state index contributed by atoms with van der Waals surface area (Å²) in [5, 5.41) is 1.05. The van der Waals surface area contributed by atoms with Gasteiger partial charge in [-0.25, -0.2) is 0 Å². The van der Waals surface area contributed by atoms with E-state index in [4.69, 9.17) is 14.9 Å². The number of nitrogens with two attached hydrogens (primary N) is 1. The monoisotopic (exact) mass is 354 g/mol. The Kier molecular flexibility index (Phi) is 8.25. The highest BCUT2D eigenvalue weighted by Crippen LogP contribution is 2.28. The number of furan rings is 1. The van der Waals surface area contributed by atoms with Gasteiger partial charge in [-0.1, -0.05) is 25.1 Å². The normalized spacial score (nSPS) is 13.3. The molecule has 2 rings (SSSR count). The molecule has 1 amide bonds. The summed E-state index contributed by atoms with van der Waals surface area (Å²) in [5.74, 6) is 0.840. The number of halogens is 1. The van der Waals surface area contributed by atoms with Crippen LogP contribution in [0.5, 0.6) is 0 Å². The first-order valence-corrected chi connectivity index (χ1v) is 8.11. The molecule has 0 fully saturated rings. The third-order valence-corrected chi connectivity index (χ3v) is 4.11. The zero-order chi connectivity index (χ0) is 16.8. The van der Waals surface area contributed by atoms with E-state index in [1.807, 2.05) is 42.2 Å². The zero-order valence-electron chi connectivity index (χ0n) is 14.5. The van der Waals surface area contributed by atoms with Gasteiger partial charge in [-0.3, -0.25) is 4.79 Å². The fourth-order valence-corrected chi connectivity index (χ4v) is 2.71. The Labute approximate surface area is 149 Å². The molecule has 0 bridgehead atoms. The summed E-state index contributed by atoms with van der Waals surface area (Å²) in [7, 11) is 1.58. The van der Waals surface area contributed by atoms with Crippen molar-refractivity contribution in [3.8, 4) is 0 Å². The molecular weight excluding hydrogens is 328 g/mol. The Hall–Kier alpha value is -1.56. The summed E-state index contributed by atoms with van der Waals surface area (Å²) in [6, 6.07) is 9.76. The number of hydrogen-bond acceptors (Lipinski definition) is 4. The molecule has 1 aromatic carbocycles. The molecule has 5 nitrogen and oxygen atoms in total. The maximum atomic E-state index is 12.6. The first-order valence-electron chi connectivity index (χ1n) is 8.11. The summed E-state index contributed by atoms with van der Waals surface area (Å²) in [5.41, 5.74) is 6.47. The van der Waals surface area contributed by atoms with Crippen LogP contribution >= 0.6 is 12.4 Å². The average Bonchev–Trinajstić information content (AvgIpc) is 3.00. The van der Waals surface area contributed by atoms with Gasteiger partial charge < -0.3 is 19.8 Å². The second kappa shape index (κ2) is 9.67. The average molecular weight is 355 g/mol. The van der Waals surface area contributed by atoms with E-state index in [0.29, 0.717) is 13.1 Å². The Balaban J connectivity index is 0.00000288. The molecule has 0 radical (unpaired) electrons. The second-order valence-corrected chi connectivity index (χ2v) is 5.75. The Bertz CT molecular complexity index is 607. The number of amides is 1. The van der Waals surface area contributed by atoms with E-state index in [0.717, 1.165) is 23.2 Å². The van der Waals surface area contributed by atoms with Gasteiger partial charge in [-0.15, -0.1) is 12.4 Å². The molecule has 2 atom stereocenters. The predicted octanol–water partition coefficient (Wildman–Crippen LogP) is 3.52. The van der Waals surface area contributed by atoms with Crippen molar-refractivity contribution in [3.63, 3.8) is 0 Å². The molecule has 0 aliphatic rings. The number of nitrogens with zero attached hydrogens (tertiary/aromatic N) is 1. The molecule has 0 spiro atoms. The number of ether oxygens (including phenoxy) is 1. The van der Waals surface area contributed by atoms with E-state index >= 15 is 0 Å². The van der Waals surface area contributed by atoms with Gasteiger partial charge in [0.15, 0.2) is 0 Å². The van der Waals surface area contributed by atoms with Gasteiger partial charge in [-0.05, 0) is 25.5 Å². The smallest absolute Gasteiger partial charge is 0.225 e. The summed E-state index contributed by atoms with van der Waals surface area (Å²) in [4.78, 5) is 14.5. The Morgan fingerprint density at radius 1 is 1.38 bits per heavy atom. The Morgan fingerprint density at radius 3 is 2.67 bits per heavy atom. The van der Waals surface area contributed by atoms with E-state index in [1.54, 1.807) is 7.11 Å². The van der Waals surface area contributed by atoms with Crippen molar-refractivity contribution in [1.82, 2.24) is 4.90 Å². The molecule has 1 aromatic heterocycles. The molecule has 1 heterocycles. The van der Waals surface area contributed by atoms with Crippen LogP contribution in [0.3, 0.4) is 0 Å².